The van der Waals surface area contributed by atoms with E-state index in [2.05, 4.69) is 9.71 Å². The summed E-state index contributed by atoms with van der Waals surface area (Å²) in [5.41, 5.74) is 0.234. The van der Waals surface area contributed by atoms with Gasteiger partial charge in [-0.3, -0.25) is 4.79 Å². The smallest absolute Gasteiger partial charge is 0.394 e. The highest BCUT2D eigenvalue weighted by molar-refractivity contribution is 7.89. The minimum absolute atomic E-state index is 0.0445. The Balaban J connectivity index is 1.33. The van der Waals surface area contributed by atoms with Crippen molar-refractivity contribution in [2.24, 2.45) is 5.41 Å². The Morgan fingerprint density at radius 1 is 1.12 bits per heavy atom. The minimum atomic E-state index is -4.20. The molecule has 180 valence electrons. The standard InChI is InChI=1S/C24H23F3N2O4S/c1-33-21(30)20(10-15-11-28-19-5-3-2-4-18(15)19)29-34(31,32)17-8-6-16(7-9-17)22-12-23(13-22,14-22)24(25,26)27/h2-9,11,20,28-29H,10,12-14H2,1H3/t20-,22?,23?/m0/s1. The third-order valence-electron chi connectivity index (χ3n) is 7.29. The molecule has 0 saturated heterocycles. The maximum absolute atomic E-state index is 13.1. The van der Waals surface area contributed by atoms with Gasteiger partial charge in [0.2, 0.25) is 10.0 Å². The van der Waals surface area contributed by atoms with Crippen LogP contribution in [0.25, 0.3) is 10.9 Å². The van der Waals surface area contributed by atoms with Crippen LogP contribution in [0.5, 0.6) is 0 Å². The molecule has 1 aromatic heterocycles. The molecule has 0 radical (unpaired) electrons. The normalized spacial score (nSPS) is 24.8. The molecule has 1 atom stereocenters. The molecule has 6 rings (SSSR count). The molecule has 1 heterocycles. The van der Waals surface area contributed by atoms with E-state index in [0.29, 0.717) is 5.56 Å². The number of esters is 1. The van der Waals surface area contributed by atoms with Gasteiger partial charge in [-0.1, -0.05) is 30.3 Å². The molecule has 0 spiro atoms. The number of nitrogens with one attached hydrogen (secondary N) is 2. The zero-order valence-corrected chi connectivity index (χ0v) is 19.1. The van der Waals surface area contributed by atoms with Gasteiger partial charge in [0.1, 0.15) is 6.04 Å². The van der Waals surface area contributed by atoms with Gasteiger partial charge in [0.25, 0.3) is 0 Å². The second kappa shape index (κ2) is 7.58. The quantitative estimate of drug-likeness (QED) is 0.484. The first-order chi connectivity index (χ1) is 16.0. The molecule has 3 aliphatic carbocycles. The van der Waals surface area contributed by atoms with Crippen LogP contribution in [0.1, 0.15) is 30.4 Å². The average Bonchev–Trinajstić information content (AvgIpc) is 3.13. The fourth-order valence-corrected chi connectivity index (χ4v) is 6.66. The molecule has 2 bridgehead atoms. The van der Waals surface area contributed by atoms with Crippen LogP contribution in [0.3, 0.4) is 0 Å². The van der Waals surface area contributed by atoms with Gasteiger partial charge in [-0.25, -0.2) is 8.42 Å². The molecule has 34 heavy (non-hydrogen) atoms. The molecular weight excluding hydrogens is 469 g/mol. The summed E-state index contributed by atoms with van der Waals surface area (Å²) in [6.07, 6.45) is -2.26. The topological polar surface area (TPSA) is 88.3 Å². The van der Waals surface area contributed by atoms with E-state index < -0.39 is 39.0 Å². The summed E-state index contributed by atoms with van der Waals surface area (Å²) in [5, 5.41) is 0.870. The van der Waals surface area contributed by atoms with E-state index in [1.54, 1.807) is 18.3 Å². The number of alkyl halides is 3. The molecular formula is C24H23F3N2O4S. The van der Waals surface area contributed by atoms with Crippen LogP contribution in [0, 0.1) is 5.41 Å². The number of rotatable bonds is 7. The van der Waals surface area contributed by atoms with Gasteiger partial charge >= 0.3 is 12.1 Å². The third-order valence-corrected chi connectivity index (χ3v) is 8.78. The predicted molar refractivity (Wildman–Crippen MR) is 119 cm³/mol. The molecule has 3 aliphatic rings. The van der Waals surface area contributed by atoms with Crippen LogP contribution in [0.2, 0.25) is 0 Å². The fraction of sp³-hybridized carbons (Fsp3) is 0.375. The largest absolute Gasteiger partial charge is 0.468 e. The van der Waals surface area contributed by atoms with Crippen molar-refractivity contribution in [1.82, 2.24) is 9.71 Å². The van der Waals surface area contributed by atoms with Crippen molar-refractivity contribution in [1.29, 1.82) is 0 Å². The number of H-pyrrole nitrogens is 1. The van der Waals surface area contributed by atoms with Crippen LogP contribution in [0.4, 0.5) is 13.2 Å². The van der Waals surface area contributed by atoms with E-state index in [1.807, 2.05) is 24.3 Å². The number of hydrogen-bond acceptors (Lipinski definition) is 4. The van der Waals surface area contributed by atoms with Gasteiger partial charge in [-0.05, 0) is 54.0 Å². The first-order valence-electron chi connectivity index (χ1n) is 10.8. The van der Waals surface area contributed by atoms with Crippen molar-refractivity contribution in [2.75, 3.05) is 7.11 Å². The molecule has 3 aromatic rings. The summed E-state index contributed by atoms with van der Waals surface area (Å²) in [6.45, 7) is 0. The lowest BCUT2D eigenvalue weighted by atomic mass is 9.33. The van der Waals surface area contributed by atoms with Crippen LogP contribution in [-0.4, -0.2) is 38.7 Å². The first kappa shape index (κ1) is 22.9. The van der Waals surface area contributed by atoms with Crippen LogP contribution in [0.15, 0.2) is 59.6 Å². The van der Waals surface area contributed by atoms with Gasteiger partial charge in [-0.2, -0.15) is 17.9 Å². The molecule has 2 aromatic carbocycles. The van der Waals surface area contributed by atoms with Crippen molar-refractivity contribution >= 4 is 26.9 Å². The van der Waals surface area contributed by atoms with E-state index in [9.17, 15) is 26.4 Å². The number of carbonyl (C=O) groups is 1. The molecule has 0 aliphatic heterocycles. The SMILES string of the molecule is COC(=O)[C@H](Cc1c[nH]c2ccccc12)NS(=O)(=O)c1ccc(C23CC(C(F)(F)F)(C2)C3)cc1. The molecule has 6 nitrogen and oxygen atoms in total. The predicted octanol–water partition coefficient (Wildman–Crippen LogP) is 4.21. The number of para-hydroxylation sites is 1. The Morgan fingerprint density at radius 3 is 2.38 bits per heavy atom. The Labute approximate surface area is 194 Å². The molecule has 3 saturated carbocycles. The Bertz CT molecular complexity index is 1340. The monoisotopic (exact) mass is 492 g/mol. The summed E-state index contributed by atoms with van der Waals surface area (Å²) >= 11 is 0. The van der Waals surface area contributed by atoms with E-state index in [0.717, 1.165) is 16.5 Å². The summed E-state index contributed by atoms with van der Waals surface area (Å²) in [7, 11) is -2.90. The highest BCUT2D eigenvalue weighted by Crippen LogP contribution is 2.78. The molecule has 0 amide bonds. The zero-order chi connectivity index (χ0) is 24.4. The number of aromatic amines is 1. The lowest BCUT2D eigenvalue weighted by Gasteiger charge is -2.71. The Morgan fingerprint density at radius 2 is 1.76 bits per heavy atom. The highest BCUT2D eigenvalue weighted by Gasteiger charge is 2.78. The van der Waals surface area contributed by atoms with Gasteiger partial charge in [-0.15, -0.1) is 0 Å². The van der Waals surface area contributed by atoms with E-state index >= 15 is 0 Å². The number of fused-ring (bicyclic) bond motifs is 1. The maximum atomic E-state index is 13.1. The van der Waals surface area contributed by atoms with Crippen molar-refractivity contribution in [3.05, 3.63) is 65.9 Å². The summed E-state index contributed by atoms with van der Waals surface area (Å²) < 4.78 is 72.7. The number of ether oxygens (including phenoxy) is 1. The van der Waals surface area contributed by atoms with Gasteiger partial charge < -0.3 is 9.72 Å². The average molecular weight is 493 g/mol. The molecule has 3 fully saturated rings. The summed E-state index contributed by atoms with van der Waals surface area (Å²) in [4.78, 5) is 15.4. The second-order valence-electron chi connectivity index (χ2n) is 9.37. The number of methoxy groups -OCH3 is 1. The second-order valence-corrected chi connectivity index (χ2v) is 11.1. The fourth-order valence-electron chi connectivity index (χ4n) is 5.47. The van der Waals surface area contributed by atoms with Crippen LogP contribution in [-0.2, 0) is 31.4 Å². The Kier molecular flexibility index (Phi) is 5.11. The van der Waals surface area contributed by atoms with Crippen molar-refractivity contribution < 1.29 is 31.1 Å². The number of sulfonamides is 1. The van der Waals surface area contributed by atoms with E-state index in [4.69, 9.17) is 4.74 Å². The zero-order valence-electron chi connectivity index (χ0n) is 18.3. The first-order valence-corrected chi connectivity index (χ1v) is 12.3. The van der Waals surface area contributed by atoms with Crippen molar-refractivity contribution in [3.8, 4) is 0 Å². The van der Waals surface area contributed by atoms with Crippen molar-refractivity contribution in [3.63, 3.8) is 0 Å². The van der Waals surface area contributed by atoms with Gasteiger partial charge in [0, 0.05) is 23.5 Å². The van der Waals surface area contributed by atoms with Crippen LogP contribution >= 0.6 is 0 Å². The number of halogens is 3. The lowest BCUT2D eigenvalue weighted by Crippen LogP contribution is -2.70. The lowest BCUT2D eigenvalue weighted by molar-refractivity contribution is -0.337. The highest BCUT2D eigenvalue weighted by atomic mass is 32.2. The van der Waals surface area contributed by atoms with E-state index in [1.165, 1.54) is 19.2 Å². The van der Waals surface area contributed by atoms with Gasteiger partial charge in [0.05, 0.1) is 17.4 Å². The molecule has 0 unspecified atom stereocenters. The number of benzene rings is 2. The van der Waals surface area contributed by atoms with E-state index in [-0.39, 0.29) is 30.6 Å². The molecule has 10 heteroatoms. The summed E-state index contributed by atoms with van der Waals surface area (Å²) in [5.74, 6) is -0.725. The minimum Gasteiger partial charge on any atom is -0.468 e. The molecule has 2 N–H and O–H groups in total. The Hall–Kier alpha value is -2.85. The van der Waals surface area contributed by atoms with Crippen LogP contribution < -0.4 is 4.72 Å². The number of aromatic nitrogens is 1. The van der Waals surface area contributed by atoms with Gasteiger partial charge in [0.15, 0.2) is 0 Å². The number of carbonyl (C=O) groups excluding carboxylic acids is 1. The van der Waals surface area contributed by atoms with Crippen molar-refractivity contribution in [2.45, 2.75) is 48.2 Å². The summed E-state index contributed by atoms with van der Waals surface area (Å²) in [6, 6.07) is 12.2. The maximum Gasteiger partial charge on any atom is 0.394 e. The third kappa shape index (κ3) is 3.51. The number of hydrogen-bond donors (Lipinski definition) is 2.